The maximum absolute atomic E-state index is 12.6. The predicted molar refractivity (Wildman–Crippen MR) is 94.2 cm³/mol. The average Bonchev–Trinajstić information content (AvgIpc) is 3.12. The third kappa shape index (κ3) is 4.24. The number of fused-ring (bicyclic) bond motifs is 1. The van der Waals surface area contributed by atoms with E-state index in [4.69, 9.17) is 9.52 Å². The van der Waals surface area contributed by atoms with E-state index in [-0.39, 0.29) is 13.0 Å². The number of carboxylic acids is 1. The Morgan fingerprint density at radius 1 is 1.04 bits per heavy atom. The standard InChI is InChI=1S/C19H18N2O4/c22-18(23)11-17(20-12-14-7-4-10-25-14)19(24)21-16-9-3-6-13-5-1-2-8-15(13)16/h1-10,17,20H,11-12H2,(H,21,24)(H,22,23)/t17-/m0/s1. The molecule has 1 atom stereocenters. The van der Waals surface area contributed by atoms with E-state index >= 15 is 0 Å². The molecule has 0 radical (unpaired) electrons. The maximum atomic E-state index is 12.6. The van der Waals surface area contributed by atoms with Crippen LogP contribution in [0.15, 0.2) is 65.3 Å². The van der Waals surface area contributed by atoms with E-state index < -0.39 is 17.9 Å². The molecule has 3 N–H and O–H groups in total. The minimum Gasteiger partial charge on any atom is -0.481 e. The first-order chi connectivity index (χ1) is 12.1. The summed E-state index contributed by atoms with van der Waals surface area (Å²) in [7, 11) is 0. The highest BCUT2D eigenvalue weighted by atomic mass is 16.4. The van der Waals surface area contributed by atoms with Gasteiger partial charge in [0, 0.05) is 11.1 Å². The molecule has 0 spiro atoms. The Bertz CT molecular complexity index is 869. The van der Waals surface area contributed by atoms with Gasteiger partial charge in [-0.15, -0.1) is 0 Å². The number of anilines is 1. The molecule has 3 aromatic rings. The number of aliphatic carboxylic acids is 1. The summed E-state index contributed by atoms with van der Waals surface area (Å²) >= 11 is 0. The zero-order valence-electron chi connectivity index (χ0n) is 13.4. The van der Waals surface area contributed by atoms with Gasteiger partial charge in [-0.05, 0) is 23.6 Å². The highest BCUT2D eigenvalue weighted by Crippen LogP contribution is 2.23. The zero-order valence-corrected chi connectivity index (χ0v) is 13.4. The molecule has 25 heavy (non-hydrogen) atoms. The quantitative estimate of drug-likeness (QED) is 0.616. The van der Waals surface area contributed by atoms with Crippen molar-refractivity contribution in [3.8, 4) is 0 Å². The molecule has 1 amide bonds. The Balaban J connectivity index is 1.75. The van der Waals surface area contributed by atoms with Crippen molar-refractivity contribution in [3.63, 3.8) is 0 Å². The molecule has 3 rings (SSSR count). The molecule has 128 valence electrons. The summed E-state index contributed by atoms with van der Waals surface area (Å²) in [6, 6.07) is 15.9. The molecule has 0 saturated heterocycles. The van der Waals surface area contributed by atoms with Crippen molar-refractivity contribution in [1.82, 2.24) is 5.32 Å². The van der Waals surface area contributed by atoms with Crippen LogP contribution in [0, 0.1) is 0 Å². The van der Waals surface area contributed by atoms with Crippen LogP contribution in [0.4, 0.5) is 5.69 Å². The monoisotopic (exact) mass is 338 g/mol. The lowest BCUT2D eigenvalue weighted by molar-refractivity contribution is -0.139. The largest absolute Gasteiger partial charge is 0.481 e. The lowest BCUT2D eigenvalue weighted by Gasteiger charge is -2.17. The molecule has 0 aliphatic rings. The van der Waals surface area contributed by atoms with E-state index in [1.165, 1.54) is 6.26 Å². The van der Waals surface area contributed by atoms with Crippen LogP contribution in [0.1, 0.15) is 12.2 Å². The fourth-order valence-electron chi connectivity index (χ4n) is 2.62. The molecule has 6 nitrogen and oxygen atoms in total. The summed E-state index contributed by atoms with van der Waals surface area (Å²) in [4.78, 5) is 23.7. The van der Waals surface area contributed by atoms with Crippen LogP contribution in [0.3, 0.4) is 0 Å². The molecule has 1 aromatic heterocycles. The Labute approximate surface area is 144 Å². The van der Waals surface area contributed by atoms with Crippen molar-refractivity contribution in [2.45, 2.75) is 19.0 Å². The van der Waals surface area contributed by atoms with Gasteiger partial charge in [0.25, 0.3) is 0 Å². The van der Waals surface area contributed by atoms with Gasteiger partial charge in [-0.25, -0.2) is 0 Å². The molecule has 0 unspecified atom stereocenters. The summed E-state index contributed by atoms with van der Waals surface area (Å²) in [5.41, 5.74) is 0.651. The first-order valence-corrected chi connectivity index (χ1v) is 7.89. The molecule has 2 aromatic carbocycles. The third-order valence-electron chi connectivity index (χ3n) is 3.85. The van der Waals surface area contributed by atoms with Gasteiger partial charge in [-0.1, -0.05) is 36.4 Å². The Morgan fingerprint density at radius 2 is 1.84 bits per heavy atom. The molecule has 0 saturated carbocycles. The number of rotatable bonds is 7. The van der Waals surface area contributed by atoms with E-state index in [1.54, 1.807) is 18.2 Å². The van der Waals surface area contributed by atoms with Gasteiger partial charge >= 0.3 is 5.97 Å². The van der Waals surface area contributed by atoms with Crippen LogP contribution in [0.25, 0.3) is 10.8 Å². The maximum Gasteiger partial charge on any atom is 0.305 e. The van der Waals surface area contributed by atoms with Gasteiger partial charge in [0.1, 0.15) is 5.76 Å². The number of carbonyl (C=O) groups is 2. The van der Waals surface area contributed by atoms with Crippen LogP contribution in [0.5, 0.6) is 0 Å². The van der Waals surface area contributed by atoms with Crippen molar-refractivity contribution >= 4 is 28.3 Å². The van der Waals surface area contributed by atoms with Crippen molar-refractivity contribution in [2.24, 2.45) is 0 Å². The van der Waals surface area contributed by atoms with Gasteiger partial charge < -0.3 is 14.8 Å². The molecule has 0 aliphatic carbocycles. The number of benzene rings is 2. The van der Waals surface area contributed by atoms with Crippen LogP contribution in [-0.2, 0) is 16.1 Å². The van der Waals surface area contributed by atoms with Crippen LogP contribution >= 0.6 is 0 Å². The average molecular weight is 338 g/mol. The SMILES string of the molecule is O=C(O)C[C@H](NCc1ccco1)C(=O)Nc1cccc2ccccc12. The molecule has 0 fully saturated rings. The van der Waals surface area contributed by atoms with Crippen molar-refractivity contribution in [1.29, 1.82) is 0 Å². The molecule has 1 heterocycles. The first kappa shape index (κ1) is 16.7. The summed E-state index contributed by atoms with van der Waals surface area (Å²) in [5, 5.41) is 16.7. The highest BCUT2D eigenvalue weighted by Gasteiger charge is 2.22. The second-order valence-corrected chi connectivity index (χ2v) is 5.63. The minimum atomic E-state index is -1.05. The molecule has 0 aliphatic heterocycles. The van der Waals surface area contributed by atoms with Gasteiger partial charge in [-0.2, -0.15) is 0 Å². The topological polar surface area (TPSA) is 91.6 Å². The van der Waals surface area contributed by atoms with Gasteiger partial charge in [-0.3, -0.25) is 14.9 Å². The lowest BCUT2D eigenvalue weighted by Crippen LogP contribution is -2.41. The van der Waals surface area contributed by atoms with Crippen LogP contribution in [0.2, 0.25) is 0 Å². The molecule has 0 bridgehead atoms. The summed E-state index contributed by atoms with van der Waals surface area (Å²) in [6.45, 7) is 0.272. The third-order valence-corrected chi connectivity index (χ3v) is 3.85. The summed E-state index contributed by atoms with van der Waals surface area (Å²) < 4.78 is 5.20. The highest BCUT2D eigenvalue weighted by molar-refractivity contribution is 6.04. The predicted octanol–water partition coefficient (Wildman–Crippen LogP) is 3.00. The number of carbonyl (C=O) groups excluding carboxylic acids is 1. The van der Waals surface area contributed by atoms with Crippen molar-refractivity contribution in [3.05, 3.63) is 66.6 Å². The number of hydrogen-bond acceptors (Lipinski definition) is 4. The van der Waals surface area contributed by atoms with Gasteiger partial charge in [0.2, 0.25) is 5.91 Å². The lowest BCUT2D eigenvalue weighted by atomic mass is 10.1. The Kier molecular flexibility index (Phi) is 5.11. The van der Waals surface area contributed by atoms with Crippen LogP contribution < -0.4 is 10.6 Å². The smallest absolute Gasteiger partial charge is 0.305 e. The van der Waals surface area contributed by atoms with Gasteiger partial charge in [0.15, 0.2) is 0 Å². The zero-order chi connectivity index (χ0) is 17.6. The van der Waals surface area contributed by atoms with Crippen LogP contribution in [-0.4, -0.2) is 23.0 Å². The number of furan rings is 1. The fraction of sp³-hybridized carbons (Fsp3) is 0.158. The second-order valence-electron chi connectivity index (χ2n) is 5.63. The number of carboxylic acid groups (broad SMARTS) is 1. The Hall–Kier alpha value is -3.12. The molecular formula is C19H18N2O4. The van der Waals surface area contributed by atoms with Gasteiger partial charge in [0.05, 0.1) is 25.3 Å². The summed E-state index contributed by atoms with van der Waals surface area (Å²) in [5.74, 6) is -0.816. The number of amides is 1. The van der Waals surface area contributed by atoms with E-state index in [0.29, 0.717) is 11.4 Å². The van der Waals surface area contributed by atoms with E-state index in [1.807, 2.05) is 36.4 Å². The van der Waals surface area contributed by atoms with Crippen molar-refractivity contribution < 1.29 is 19.1 Å². The van der Waals surface area contributed by atoms with E-state index in [2.05, 4.69) is 10.6 Å². The second kappa shape index (κ2) is 7.63. The normalized spacial score (nSPS) is 12.0. The van der Waals surface area contributed by atoms with E-state index in [9.17, 15) is 9.59 Å². The minimum absolute atomic E-state index is 0.272. The Morgan fingerprint density at radius 3 is 2.60 bits per heavy atom. The van der Waals surface area contributed by atoms with Crippen molar-refractivity contribution in [2.75, 3.05) is 5.32 Å². The number of hydrogen-bond donors (Lipinski definition) is 3. The molecule has 6 heteroatoms. The number of nitrogens with one attached hydrogen (secondary N) is 2. The molecular weight excluding hydrogens is 320 g/mol. The van der Waals surface area contributed by atoms with E-state index in [0.717, 1.165) is 10.8 Å². The fourth-order valence-corrected chi connectivity index (χ4v) is 2.62. The first-order valence-electron chi connectivity index (χ1n) is 7.89. The summed E-state index contributed by atoms with van der Waals surface area (Å²) in [6.07, 6.45) is 1.21.